The van der Waals surface area contributed by atoms with Crippen LogP contribution in [0.2, 0.25) is 0 Å². The van der Waals surface area contributed by atoms with Crippen LogP contribution in [0.15, 0.2) is 40.9 Å². The largest absolute Gasteiger partial charge is 0.493 e. The van der Waals surface area contributed by atoms with Crippen LogP contribution in [0.1, 0.15) is 24.2 Å². The van der Waals surface area contributed by atoms with Gasteiger partial charge < -0.3 is 18.9 Å². The minimum atomic E-state index is -0.364. The lowest BCUT2D eigenvalue weighted by molar-refractivity contribution is 0.0942. The summed E-state index contributed by atoms with van der Waals surface area (Å²) in [5.74, 6) is 1.22. The summed E-state index contributed by atoms with van der Waals surface area (Å²) in [4.78, 5) is 17.7. The number of hydrogen-bond acceptors (Lipinski definition) is 7. The number of methoxy groups -OCH3 is 3. The Bertz CT molecular complexity index is 1040. The molecule has 0 amide bonds. The molecule has 0 aliphatic rings. The number of halogens is 1. The molecule has 2 aromatic carbocycles. The standard InChI is InChI=1S/C21H22BrN3O5/c1-12(2)30-21-23-19(13-10-16(27-3)18(29-5)17(11-13)28-4)25(24-21)20(26)14-8-6-7-9-15(14)22/h6-12H,1-5H3. The van der Waals surface area contributed by atoms with Gasteiger partial charge >= 0.3 is 6.01 Å². The van der Waals surface area contributed by atoms with Crippen molar-refractivity contribution in [3.05, 3.63) is 46.4 Å². The number of hydrogen-bond donors (Lipinski definition) is 0. The van der Waals surface area contributed by atoms with Crippen molar-refractivity contribution in [2.45, 2.75) is 20.0 Å². The van der Waals surface area contributed by atoms with Crippen molar-refractivity contribution in [1.29, 1.82) is 0 Å². The molecule has 8 nitrogen and oxygen atoms in total. The molecule has 0 atom stereocenters. The Morgan fingerprint density at radius 2 is 1.67 bits per heavy atom. The zero-order valence-electron chi connectivity index (χ0n) is 17.3. The van der Waals surface area contributed by atoms with E-state index in [-0.39, 0.29) is 23.8 Å². The monoisotopic (exact) mass is 475 g/mol. The van der Waals surface area contributed by atoms with Crippen LogP contribution in [-0.2, 0) is 0 Å². The highest BCUT2D eigenvalue weighted by Crippen LogP contribution is 2.41. The molecule has 0 spiro atoms. The number of ether oxygens (including phenoxy) is 4. The molecule has 1 aromatic heterocycles. The SMILES string of the molecule is COc1cc(-c2nc(OC(C)C)nn2C(=O)c2ccccc2Br)cc(OC)c1OC. The van der Waals surface area contributed by atoms with Crippen molar-refractivity contribution < 1.29 is 23.7 Å². The van der Waals surface area contributed by atoms with E-state index >= 15 is 0 Å². The Labute approximate surface area is 182 Å². The third-order valence-electron chi connectivity index (χ3n) is 4.15. The molecule has 158 valence electrons. The zero-order valence-corrected chi connectivity index (χ0v) is 18.9. The van der Waals surface area contributed by atoms with E-state index in [1.807, 2.05) is 19.9 Å². The number of nitrogens with zero attached hydrogens (tertiary/aromatic N) is 3. The molecule has 0 fully saturated rings. The lowest BCUT2D eigenvalue weighted by Gasteiger charge is -2.14. The molecule has 0 aliphatic heterocycles. The van der Waals surface area contributed by atoms with Crippen molar-refractivity contribution in [3.8, 4) is 34.6 Å². The molecule has 1 heterocycles. The number of rotatable bonds is 7. The van der Waals surface area contributed by atoms with E-state index in [2.05, 4.69) is 26.0 Å². The molecule has 9 heteroatoms. The van der Waals surface area contributed by atoms with Crippen LogP contribution in [0.5, 0.6) is 23.3 Å². The summed E-state index contributed by atoms with van der Waals surface area (Å²) in [6, 6.07) is 10.6. The van der Waals surface area contributed by atoms with Gasteiger partial charge in [-0.15, -0.1) is 5.10 Å². The highest BCUT2D eigenvalue weighted by Gasteiger charge is 2.24. The molecule has 0 saturated heterocycles. The third kappa shape index (κ3) is 4.25. The quantitative estimate of drug-likeness (QED) is 0.505. The lowest BCUT2D eigenvalue weighted by Crippen LogP contribution is -2.16. The van der Waals surface area contributed by atoms with Gasteiger partial charge in [0.25, 0.3) is 5.91 Å². The second kappa shape index (κ2) is 9.17. The molecule has 0 radical (unpaired) electrons. The first kappa shape index (κ1) is 21.6. The number of carbonyl (C=O) groups is 1. The fraction of sp³-hybridized carbons (Fsp3) is 0.286. The maximum absolute atomic E-state index is 13.3. The van der Waals surface area contributed by atoms with Gasteiger partial charge in [-0.3, -0.25) is 4.79 Å². The van der Waals surface area contributed by atoms with E-state index in [0.717, 1.165) is 0 Å². The van der Waals surface area contributed by atoms with E-state index in [4.69, 9.17) is 18.9 Å². The van der Waals surface area contributed by atoms with E-state index in [0.29, 0.717) is 32.8 Å². The van der Waals surface area contributed by atoms with Crippen LogP contribution >= 0.6 is 15.9 Å². The summed E-state index contributed by atoms with van der Waals surface area (Å²) in [7, 11) is 4.56. The summed E-state index contributed by atoms with van der Waals surface area (Å²) >= 11 is 3.42. The number of benzene rings is 2. The predicted octanol–water partition coefficient (Wildman–Crippen LogP) is 4.21. The number of aromatic nitrogens is 3. The fourth-order valence-corrected chi connectivity index (χ4v) is 3.30. The van der Waals surface area contributed by atoms with Gasteiger partial charge in [-0.1, -0.05) is 12.1 Å². The average molecular weight is 476 g/mol. The molecule has 0 bridgehead atoms. The van der Waals surface area contributed by atoms with E-state index in [1.165, 1.54) is 26.0 Å². The van der Waals surface area contributed by atoms with Crippen LogP contribution in [-0.4, -0.2) is 48.1 Å². The molecular weight excluding hydrogens is 454 g/mol. The minimum Gasteiger partial charge on any atom is -0.493 e. The van der Waals surface area contributed by atoms with Gasteiger partial charge in [0.15, 0.2) is 17.3 Å². The maximum atomic E-state index is 13.3. The lowest BCUT2D eigenvalue weighted by atomic mass is 10.1. The van der Waals surface area contributed by atoms with E-state index in [1.54, 1.807) is 30.3 Å². The summed E-state index contributed by atoms with van der Waals surface area (Å²) in [5.41, 5.74) is 0.989. The number of carbonyl (C=O) groups excluding carboxylic acids is 1. The van der Waals surface area contributed by atoms with Gasteiger partial charge in [-0.05, 0) is 54.0 Å². The molecule has 3 aromatic rings. The first-order valence-electron chi connectivity index (χ1n) is 9.12. The Hall–Kier alpha value is -3.07. The molecular formula is C21H22BrN3O5. The Kier molecular flexibility index (Phi) is 6.61. The van der Waals surface area contributed by atoms with Gasteiger partial charge in [-0.25, -0.2) is 0 Å². The predicted molar refractivity (Wildman–Crippen MR) is 115 cm³/mol. The van der Waals surface area contributed by atoms with Crippen molar-refractivity contribution in [2.24, 2.45) is 0 Å². The Balaban J connectivity index is 2.20. The molecule has 30 heavy (non-hydrogen) atoms. The van der Waals surface area contributed by atoms with E-state index < -0.39 is 0 Å². The molecule has 0 aliphatic carbocycles. The Morgan fingerprint density at radius 3 is 2.20 bits per heavy atom. The Morgan fingerprint density at radius 1 is 1.03 bits per heavy atom. The van der Waals surface area contributed by atoms with Crippen LogP contribution in [0.25, 0.3) is 11.4 Å². The summed E-state index contributed by atoms with van der Waals surface area (Å²) in [5, 5.41) is 4.30. The van der Waals surface area contributed by atoms with Crippen LogP contribution < -0.4 is 18.9 Å². The van der Waals surface area contributed by atoms with Crippen molar-refractivity contribution in [1.82, 2.24) is 14.8 Å². The van der Waals surface area contributed by atoms with Crippen molar-refractivity contribution in [2.75, 3.05) is 21.3 Å². The topological polar surface area (TPSA) is 84.7 Å². The second-order valence-corrected chi connectivity index (χ2v) is 7.35. The summed E-state index contributed by atoms with van der Waals surface area (Å²) in [6.45, 7) is 3.71. The minimum absolute atomic E-state index is 0.0918. The van der Waals surface area contributed by atoms with Gasteiger partial charge in [-0.2, -0.15) is 9.67 Å². The molecule has 0 N–H and O–H groups in total. The maximum Gasteiger partial charge on any atom is 0.336 e. The van der Waals surface area contributed by atoms with Gasteiger partial charge in [0, 0.05) is 10.0 Å². The molecule has 3 rings (SSSR count). The highest BCUT2D eigenvalue weighted by molar-refractivity contribution is 9.10. The molecule has 0 saturated carbocycles. The third-order valence-corrected chi connectivity index (χ3v) is 4.84. The summed E-state index contributed by atoms with van der Waals surface area (Å²) < 4.78 is 23.7. The second-order valence-electron chi connectivity index (χ2n) is 6.50. The van der Waals surface area contributed by atoms with Crippen molar-refractivity contribution in [3.63, 3.8) is 0 Å². The van der Waals surface area contributed by atoms with Crippen LogP contribution in [0, 0.1) is 0 Å². The first-order valence-corrected chi connectivity index (χ1v) is 9.92. The highest BCUT2D eigenvalue weighted by atomic mass is 79.9. The van der Waals surface area contributed by atoms with Gasteiger partial charge in [0.2, 0.25) is 5.75 Å². The normalized spacial score (nSPS) is 10.8. The molecule has 0 unspecified atom stereocenters. The average Bonchev–Trinajstić information content (AvgIpc) is 3.15. The van der Waals surface area contributed by atoms with Crippen LogP contribution in [0.4, 0.5) is 0 Å². The van der Waals surface area contributed by atoms with Gasteiger partial charge in [0.05, 0.1) is 33.0 Å². The van der Waals surface area contributed by atoms with Gasteiger partial charge in [0.1, 0.15) is 0 Å². The summed E-state index contributed by atoms with van der Waals surface area (Å²) in [6.07, 6.45) is -0.160. The smallest absolute Gasteiger partial charge is 0.336 e. The zero-order chi connectivity index (χ0) is 21.8. The van der Waals surface area contributed by atoms with Crippen LogP contribution in [0.3, 0.4) is 0 Å². The van der Waals surface area contributed by atoms with E-state index in [9.17, 15) is 4.79 Å². The van der Waals surface area contributed by atoms with Crippen molar-refractivity contribution >= 4 is 21.8 Å². The first-order chi connectivity index (χ1) is 14.4. The fourth-order valence-electron chi connectivity index (χ4n) is 2.84.